The van der Waals surface area contributed by atoms with Crippen LogP contribution in [0, 0.1) is 0 Å². The number of benzene rings is 3. The lowest BCUT2D eigenvalue weighted by Crippen LogP contribution is -2.53. The van der Waals surface area contributed by atoms with E-state index in [9.17, 15) is 4.79 Å². The highest BCUT2D eigenvalue weighted by Gasteiger charge is 2.27. The van der Waals surface area contributed by atoms with E-state index in [-0.39, 0.29) is 5.91 Å². The van der Waals surface area contributed by atoms with E-state index in [0.29, 0.717) is 6.04 Å². The highest BCUT2D eigenvalue weighted by Crippen LogP contribution is 2.21. The summed E-state index contributed by atoms with van der Waals surface area (Å²) in [7, 11) is 0. The molecule has 0 spiro atoms. The molecule has 1 fully saturated rings. The first kappa shape index (κ1) is 18.7. The van der Waals surface area contributed by atoms with Crippen molar-refractivity contribution in [1.29, 1.82) is 0 Å². The van der Waals surface area contributed by atoms with Crippen LogP contribution in [-0.2, 0) is 6.42 Å². The maximum absolute atomic E-state index is 13.2. The molecule has 1 heterocycles. The Balaban J connectivity index is 1.36. The second-order valence-corrected chi connectivity index (χ2v) is 7.75. The molecule has 1 amide bonds. The largest absolute Gasteiger partial charge is 0.336 e. The smallest absolute Gasteiger partial charge is 0.254 e. The SMILES string of the molecule is CC1CN(C(=O)c2cccc3ccccc23)CCN1CCCc1ccccc1. The van der Waals surface area contributed by atoms with Gasteiger partial charge in [-0.3, -0.25) is 9.69 Å². The van der Waals surface area contributed by atoms with Gasteiger partial charge < -0.3 is 4.90 Å². The quantitative estimate of drug-likeness (QED) is 0.652. The van der Waals surface area contributed by atoms with Crippen molar-refractivity contribution in [3.8, 4) is 0 Å². The minimum atomic E-state index is 0.160. The molecular formula is C25H28N2O. The second kappa shape index (κ2) is 8.57. The van der Waals surface area contributed by atoms with Crippen LogP contribution in [0.5, 0.6) is 0 Å². The molecule has 1 unspecified atom stereocenters. The molecule has 3 heteroatoms. The van der Waals surface area contributed by atoms with Gasteiger partial charge in [0.25, 0.3) is 5.91 Å². The van der Waals surface area contributed by atoms with Crippen molar-refractivity contribution >= 4 is 16.7 Å². The average molecular weight is 373 g/mol. The Morgan fingerprint density at radius 3 is 2.50 bits per heavy atom. The van der Waals surface area contributed by atoms with Gasteiger partial charge in [0.15, 0.2) is 0 Å². The average Bonchev–Trinajstić information content (AvgIpc) is 2.74. The Bertz CT molecular complexity index is 932. The number of hydrogen-bond donors (Lipinski definition) is 0. The van der Waals surface area contributed by atoms with E-state index in [4.69, 9.17) is 0 Å². The van der Waals surface area contributed by atoms with Crippen LogP contribution in [0.4, 0.5) is 0 Å². The van der Waals surface area contributed by atoms with Crippen molar-refractivity contribution in [2.45, 2.75) is 25.8 Å². The van der Waals surface area contributed by atoms with E-state index in [0.717, 1.165) is 55.4 Å². The van der Waals surface area contributed by atoms with Gasteiger partial charge in [0.05, 0.1) is 0 Å². The zero-order chi connectivity index (χ0) is 19.3. The predicted molar refractivity (Wildman–Crippen MR) is 116 cm³/mol. The Hall–Kier alpha value is -2.65. The summed E-state index contributed by atoms with van der Waals surface area (Å²) in [4.78, 5) is 17.7. The van der Waals surface area contributed by atoms with Gasteiger partial charge in [0, 0.05) is 31.2 Å². The number of carbonyl (C=O) groups is 1. The molecule has 1 saturated heterocycles. The molecule has 1 aliphatic heterocycles. The summed E-state index contributed by atoms with van der Waals surface area (Å²) in [5.74, 6) is 0.160. The third-order valence-corrected chi connectivity index (χ3v) is 5.83. The molecular weight excluding hydrogens is 344 g/mol. The highest BCUT2D eigenvalue weighted by atomic mass is 16.2. The third-order valence-electron chi connectivity index (χ3n) is 5.83. The molecule has 0 aliphatic carbocycles. The Morgan fingerprint density at radius 1 is 0.929 bits per heavy atom. The normalized spacial score (nSPS) is 17.8. The second-order valence-electron chi connectivity index (χ2n) is 7.75. The molecule has 3 nitrogen and oxygen atoms in total. The molecule has 0 aromatic heterocycles. The molecule has 144 valence electrons. The van der Waals surface area contributed by atoms with Gasteiger partial charge in [0.2, 0.25) is 0 Å². The molecule has 1 aliphatic rings. The maximum Gasteiger partial charge on any atom is 0.254 e. The number of carbonyl (C=O) groups excluding carboxylic acids is 1. The lowest BCUT2D eigenvalue weighted by atomic mass is 10.0. The fraction of sp³-hybridized carbons (Fsp3) is 0.320. The van der Waals surface area contributed by atoms with E-state index in [2.05, 4.69) is 54.3 Å². The topological polar surface area (TPSA) is 23.6 Å². The molecule has 3 aromatic carbocycles. The summed E-state index contributed by atoms with van der Waals surface area (Å²) in [6, 6.07) is 25.2. The molecule has 28 heavy (non-hydrogen) atoms. The first-order valence-corrected chi connectivity index (χ1v) is 10.3. The van der Waals surface area contributed by atoms with Gasteiger partial charge in [-0.05, 0) is 48.7 Å². The van der Waals surface area contributed by atoms with Crippen molar-refractivity contribution in [3.05, 3.63) is 83.9 Å². The van der Waals surface area contributed by atoms with Crippen molar-refractivity contribution in [1.82, 2.24) is 9.80 Å². The molecule has 1 atom stereocenters. The Kier molecular flexibility index (Phi) is 5.73. The third kappa shape index (κ3) is 4.10. The lowest BCUT2D eigenvalue weighted by Gasteiger charge is -2.40. The van der Waals surface area contributed by atoms with Crippen LogP contribution in [0.3, 0.4) is 0 Å². The van der Waals surface area contributed by atoms with Crippen LogP contribution >= 0.6 is 0 Å². The van der Waals surface area contributed by atoms with Crippen molar-refractivity contribution in [3.63, 3.8) is 0 Å². The summed E-state index contributed by atoms with van der Waals surface area (Å²) >= 11 is 0. The number of fused-ring (bicyclic) bond motifs is 1. The summed E-state index contributed by atoms with van der Waals surface area (Å²) < 4.78 is 0. The summed E-state index contributed by atoms with van der Waals surface area (Å²) in [5, 5.41) is 2.17. The molecule has 0 radical (unpaired) electrons. The van der Waals surface area contributed by atoms with Crippen LogP contribution in [0.2, 0.25) is 0 Å². The number of hydrogen-bond acceptors (Lipinski definition) is 2. The van der Waals surface area contributed by atoms with Gasteiger partial charge in [-0.25, -0.2) is 0 Å². The first-order chi connectivity index (χ1) is 13.7. The standard InChI is InChI=1S/C25H28N2O/c1-20-19-27(18-17-26(20)16-8-11-21-9-3-2-4-10-21)25(28)24-15-7-13-22-12-5-6-14-23(22)24/h2-7,9-10,12-15,20H,8,11,16-19H2,1H3. The zero-order valence-corrected chi connectivity index (χ0v) is 16.6. The van der Waals surface area contributed by atoms with Crippen molar-refractivity contribution < 1.29 is 4.79 Å². The van der Waals surface area contributed by atoms with Gasteiger partial charge >= 0.3 is 0 Å². The summed E-state index contributed by atoms with van der Waals surface area (Å²) in [6.07, 6.45) is 2.27. The number of piperazine rings is 1. The van der Waals surface area contributed by atoms with Crippen LogP contribution in [0.25, 0.3) is 10.8 Å². The number of rotatable bonds is 5. The summed E-state index contributed by atoms with van der Waals surface area (Å²) in [5.41, 5.74) is 2.22. The zero-order valence-electron chi connectivity index (χ0n) is 16.6. The predicted octanol–water partition coefficient (Wildman–Crippen LogP) is 4.62. The number of amides is 1. The molecule has 4 rings (SSSR count). The number of nitrogens with zero attached hydrogens (tertiary/aromatic N) is 2. The monoisotopic (exact) mass is 372 g/mol. The first-order valence-electron chi connectivity index (χ1n) is 10.3. The number of aryl methyl sites for hydroxylation is 1. The highest BCUT2D eigenvalue weighted by molar-refractivity contribution is 6.07. The maximum atomic E-state index is 13.2. The lowest BCUT2D eigenvalue weighted by molar-refractivity contribution is 0.0514. The fourth-order valence-corrected chi connectivity index (χ4v) is 4.23. The van der Waals surface area contributed by atoms with E-state index in [1.54, 1.807) is 0 Å². The minimum absolute atomic E-state index is 0.160. The van der Waals surface area contributed by atoms with Crippen molar-refractivity contribution in [2.75, 3.05) is 26.2 Å². The van der Waals surface area contributed by atoms with E-state index < -0.39 is 0 Å². The van der Waals surface area contributed by atoms with E-state index in [1.165, 1.54) is 5.56 Å². The van der Waals surface area contributed by atoms with Gasteiger partial charge in [-0.15, -0.1) is 0 Å². The molecule has 0 N–H and O–H groups in total. The van der Waals surface area contributed by atoms with E-state index in [1.807, 2.05) is 35.2 Å². The Morgan fingerprint density at radius 2 is 1.68 bits per heavy atom. The minimum Gasteiger partial charge on any atom is -0.336 e. The van der Waals surface area contributed by atoms with Crippen LogP contribution < -0.4 is 0 Å². The van der Waals surface area contributed by atoms with Gasteiger partial charge in [-0.2, -0.15) is 0 Å². The molecule has 0 bridgehead atoms. The van der Waals surface area contributed by atoms with Crippen LogP contribution in [0.1, 0.15) is 29.3 Å². The Labute approximate surface area is 167 Å². The van der Waals surface area contributed by atoms with Gasteiger partial charge in [-0.1, -0.05) is 66.7 Å². The van der Waals surface area contributed by atoms with Crippen molar-refractivity contribution in [2.24, 2.45) is 0 Å². The fourth-order valence-electron chi connectivity index (χ4n) is 4.23. The van der Waals surface area contributed by atoms with Gasteiger partial charge in [0.1, 0.15) is 0 Å². The van der Waals surface area contributed by atoms with Crippen LogP contribution in [-0.4, -0.2) is 47.9 Å². The van der Waals surface area contributed by atoms with Crippen LogP contribution in [0.15, 0.2) is 72.8 Å². The van der Waals surface area contributed by atoms with E-state index >= 15 is 0 Å². The molecule has 0 saturated carbocycles. The summed E-state index contributed by atoms with van der Waals surface area (Å²) in [6.45, 7) is 5.88. The molecule has 3 aromatic rings.